The normalized spacial score (nSPS) is 30.2. The number of carbonyl (C=O) groups is 1. The predicted molar refractivity (Wildman–Crippen MR) is 82.3 cm³/mol. The minimum Gasteiger partial charge on any atom is -0.353 e. The molecule has 0 spiro atoms. The summed E-state index contributed by atoms with van der Waals surface area (Å²) in [6.45, 7) is 3.02. The highest BCUT2D eigenvalue weighted by Gasteiger charge is 2.30. The monoisotopic (exact) mass is 284 g/mol. The van der Waals surface area contributed by atoms with Crippen molar-refractivity contribution >= 4 is 17.7 Å². The van der Waals surface area contributed by atoms with Crippen LogP contribution in [0.25, 0.3) is 0 Å². The predicted octanol–water partition coefficient (Wildman–Crippen LogP) is 2.69. The van der Waals surface area contributed by atoms with Crippen LogP contribution in [0.1, 0.15) is 58.3 Å². The van der Waals surface area contributed by atoms with Crippen LogP contribution in [-0.2, 0) is 4.79 Å². The maximum Gasteiger partial charge on any atom is 0.236 e. The van der Waals surface area contributed by atoms with Crippen LogP contribution in [0.3, 0.4) is 0 Å². The van der Waals surface area contributed by atoms with Crippen molar-refractivity contribution < 1.29 is 4.79 Å². The summed E-state index contributed by atoms with van der Waals surface area (Å²) in [5.74, 6) is 1.95. The van der Waals surface area contributed by atoms with Crippen molar-refractivity contribution in [2.45, 2.75) is 69.1 Å². The van der Waals surface area contributed by atoms with Crippen LogP contribution in [0.5, 0.6) is 0 Å². The Balaban J connectivity index is 1.69. The summed E-state index contributed by atoms with van der Waals surface area (Å²) < 4.78 is 0.236. The van der Waals surface area contributed by atoms with E-state index in [0.29, 0.717) is 5.92 Å². The van der Waals surface area contributed by atoms with Crippen molar-refractivity contribution in [3.05, 3.63) is 0 Å². The van der Waals surface area contributed by atoms with Crippen LogP contribution < -0.4 is 11.1 Å². The second-order valence-electron chi connectivity index (χ2n) is 6.47. The lowest BCUT2D eigenvalue weighted by Crippen LogP contribution is -2.46. The van der Waals surface area contributed by atoms with Gasteiger partial charge >= 0.3 is 0 Å². The Morgan fingerprint density at radius 3 is 2.74 bits per heavy atom. The minimum absolute atomic E-state index is 0.0549. The van der Waals surface area contributed by atoms with Gasteiger partial charge in [-0.1, -0.05) is 32.1 Å². The van der Waals surface area contributed by atoms with Gasteiger partial charge in [-0.15, -0.1) is 0 Å². The number of hydrogen-bond acceptors (Lipinski definition) is 3. The van der Waals surface area contributed by atoms with Gasteiger partial charge in [-0.05, 0) is 37.9 Å². The molecule has 19 heavy (non-hydrogen) atoms. The molecule has 0 bridgehead atoms. The summed E-state index contributed by atoms with van der Waals surface area (Å²) in [6.07, 6.45) is 9.84. The number of hydrogen-bond donors (Lipinski definition) is 2. The van der Waals surface area contributed by atoms with E-state index in [4.69, 9.17) is 5.73 Å². The van der Waals surface area contributed by atoms with E-state index < -0.39 is 0 Å². The van der Waals surface area contributed by atoms with E-state index in [1.54, 1.807) is 0 Å². The van der Waals surface area contributed by atoms with Crippen molar-refractivity contribution in [1.29, 1.82) is 0 Å². The fraction of sp³-hybridized carbons (Fsp3) is 0.933. The molecule has 0 aromatic carbocycles. The molecule has 2 unspecified atom stereocenters. The van der Waals surface area contributed by atoms with Gasteiger partial charge in [-0.25, -0.2) is 0 Å². The lowest BCUT2D eigenvalue weighted by atomic mass is 9.85. The molecule has 0 radical (unpaired) electrons. The van der Waals surface area contributed by atoms with Gasteiger partial charge < -0.3 is 11.1 Å². The highest BCUT2D eigenvalue weighted by molar-refractivity contribution is 8.00. The Kier molecular flexibility index (Phi) is 5.58. The molecule has 1 saturated carbocycles. The number of carbonyl (C=O) groups excluding carboxylic acids is 1. The zero-order chi connectivity index (χ0) is 13.7. The molecule has 0 aromatic rings. The Hall–Kier alpha value is -0.220. The number of nitrogens with one attached hydrogen (secondary N) is 1. The molecule has 0 aromatic heterocycles. The van der Waals surface area contributed by atoms with E-state index >= 15 is 0 Å². The lowest BCUT2D eigenvalue weighted by Gasteiger charge is -2.26. The van der Waals surface area contributed by atoms with Gasteiger partial charge in [0.2, 0.25) is 5.91 Å². The lowest BCUT2D eigenvalue weighted by molar-refractivity contribution is -0.122. The molecule has 2 rings (SSSR count). The molecule has 2 atom stereocenters. The van der Waals surface area contributed by atoms with Gasteiger partial charge in [-0.3, -0.25) is 4.79 Å². The molecule has 2 aliphatic rings. The zero-order valence-corrected chi connectivity index (χ0v) is 12.9. The summed E-state index contributed by atoms with van der Waals surface area (Å²) >= 11 is 1.98. The molecule has 1 amide bonds. The molecular weight excluding hydrogens is 256 g/mol. The van der Waals surface area contributed by atoms with E-state index in [1.165, 1.54) is 50.7 Å². The molecule has 4 heteroatoms. The Morgan fingerprint density at radius 2 is 2.11 bits per heavy atom. The molecule has 2 fully saturated rings. The summed E-state index contributed by atoms with van der Waals surface area (Å²) in [4.78, 5) is 12.1. The van der Waals surface area contributed by atoms with Crippen LogP contribution in [0.4, 0.5) is 0 Å². The van der Waals surface area contributed by atoms with E-state index in [0.717, 1.165) is 13.0 Å². The van der Waals surface area contributed by atoms with Crippen LogP contribution in [0.15, 0.2) is 0 Å². The average molecular weight is 284 g/mol. The highest BCUT2D eigenvalue weighted by Crippen LogP contribution is 2.37. The van der Waals surface area contributed by atoms with Crippen molar-refractivity contribution in [2.75, 3.05) is 12.3 Å². The van der Waals surface area contributed by atoms with Crippen LogP contribution >= 0.6 is 11.8 Å². The van der Waals surface area contributed by atoms with E-state index in [9.17, 15) is 4.79 Å². The first-order chi connectivity index (χ1) is 9.09. The third-order valence-corrected chi connectivity index (χ3v) is 6.12. The molecule has 1 aliphatic carbocycles. The minimum atomic E-state index is -0.307. The van der Waals surface area contributed by atoms with E-state index in [-0.39, 0.29) is 16.7 Å². The van der Waals surface area contributed by atoms with Gasteiger partial charge in [0.25, 0.3) is 0 Å². The summed E-state index contributed by atoms with van der Waals surface area (Å²) in [5, 5.41) is 3.07. The van der Waals surface area contributed by atoms with Crippen molar-refractivity contribution in [3.63, 3.8) is 0 Å². The van der Waals surface area contributed by atoms with Gasteiger partial charge in [-0.2, -0.15) is 11.8 Å². The first-order valence-corrected chi connectivity index (χ1v) is 8.75. The quantitative estimate of drug-likeness (QED) is 0.816. The van der Waals surface area contributed by atoms with Gasteiger partial charge in [0, 0.05) is 11.3 Å². The Labute approximate surface area is 121 Å². The average Bonchev–Trinajstić information content (AvgIpc) is 2.84. The molecule has 3 N–H and O–H groups in total. The molecule has 110 valence electrons. The summed E-state index contributed by atoms with van der Waals surface area (Å²) in [6, 6.07) is -0.307. The number of nitrogens with two attached hydrogens (primary N) is 1. The van der Waals surface area contributed by atoms with E-state index in [2.05, 4.69) is 12.2 Å². The fourth-order valence-corrected chi connectivity index (χ4v) is 4.51. The second kappa shape index (κ2) is 6.98. The smallest absolute Gasteiger partial charge is 0.236 e. The maximum atomic E-state index is 12.1. The number of rotatable bonds is 5. The summed E-state index contributed by atoms with van der Waals surface area (Å²) in [7, 11) is 0. The second-order valence-corrected chi connectivity index (χ2v) is 8.15. The van der Waals surface area contributed by atoms with Gasteiger partial charge in [0.1, 0.15) is 0 Å². The largest absolute Gasteiger partial charge is 0.353 e. The maximum absolute atomic E-state index is 12.1. The van der Waals surface area contributed by atoms with E-state index in [1.807, 2.05) is 11.8 Å². The van der Waals surface area contributed by atoms with Crippen molar-refractivity contribution in [2.24, 2.45) is 11.7 Å². The molecule has 1 saturated heterocycles. The Bertz CT molecular complexity index is 297. The Morgan fingerprint density at radius 1 is 1.37 bits per heavy atom. The highest BCUT2D eigenvalue weighted by atomic mass is 32.2. The van der Waals surface area contributed by atoms with Crippen LogP contribution in [0, 0.1) is 5.92 Å². The third kappa shape index (κ3) is 4.67. The molecular formula is C15H28N2OS. The number of amides is 1. The first kappa shape index (κ1) is 15.2. The van der Waals surface area contributed by atoms with Crippen molar-refractivity contribution in [3.8, 4) is 0 Å². The van der Waals surface area contributed by atoms with Crippen molar-refractivity contribution in [1.82, 2.24) is 5.32 Å². The molecule has 1 heterocycles. The topological polar surface area (TPSA) is 55.1 Å². The molecule has 3 nitrogen and oxygen atoms in total. The zero-order valence-electron chi connectivity index (χ0n) is 12.1. The van der Waals surface area contributed by atoms with Crippen LogP contribution in [-0.4, -0.2) is 29.0 Å². The fourth-order valence-electron chi connectivity index (χ4n) is 3.27. The van der Waals surface area contributed by atoms with Crippen LogP contribution in [0.2, 0.25) is 0 Å². The third-order valence-electron chi connectivity index (χ3n) is 4.59. The SMILES string of the molecule is CC1(CNC(=O)C(N)CC2CCCCC2)CCCS1. The van der Waals surface area contributed by atoms with Gasteiger partial charge in [0.15, 0.2) is 0 Å². The summed E-state index contributed by atoms with van der Waals surface area (Å²) in [5.41, 5.74) is 6.06. The first-order valence-electron chi connectivity index (χ1n) is 7.76. The number of thioether (sulfide) groups is 1. The standard InChI is InChI=1S/C15H28N2OS/c1-15(8-5-9-19-15)11-17-14(18)13(16)10-12-6-3-2-4-7-12/h12-13H,2-11,16H2,1H3,(H,17,18). The van der Waals surface area contributed by atoms with Gasteiger partial charge in [0.05, 0.1) is 6.04 Å². The molecule has 1 aliphatic heterocycles.